The molecule has 7 nitrogen and oxygen atoms in total. The maximum atomic E-state index is 11.7. The van der Waals surface area contributed by atoms with Gasteiger partial charge < -0.3 is 9.84 Å². The summed E-state index contributed by atoms with van der Waals surface area (Å²) >= 11 is 0. The molecule has 0 aliphatic rings. The molecule has 0 spiro atoms. The molecule has 0 aromatic carbocycles. The number of carboxylic acid groups (broad SMARTS) is 1. The van der Waals surface area contributed by atoms with Gasteiger partial charge in [-0.25, -0.2) is 13.1 Å². The van der Waals surface area contributed by atoms with Gasteiger partial charge in [-0.1, -0.05) is 13.8 Å². The average molecular weight is 309 g/mol. The third-order valence-electron chi connectivity index (χ3n) is 2.43. The average Bonchev–Trinajstić information content (AvgIpc) is 2.26. The lowest BCUT2D eigenvalue weighted by atomic mass is 10.1. The summed E-state index contributed by atoms with van der Waals surface area (Å²) < 4.78 is 30.3. The smallest absolute Gasteiger partial charge is 0.321 e. The summed E-state index contributed by atoms with van der Waals surface area (Å²) in [5.41, 5.74) is 0. The number of carbonyl (C=O) groups is 2. The van der Waals surface area contributed by atoms with Crippen molar-refractivity contribution in [2.75, 3.05) is 12.4 Å². The van der Waals surface area contributed by atoms with Crippen molar-refractivity contribution in [2.45, 2.75) is 46.1 Å². The predicted octanol–water partition coefficient (Wildman–Crippen LogP) is 0.748. The standard InChI is InChI=1S/C12H23NO6S/c1-4-19-11(14)6-5-7-20(17,18)13-10(12(15)16)8-9(2)3/h9-10,13H,4-8H2,1-3H3,(H,15,16). The quantitative estimate of drug-likeness (QED) is 0.576. The van der Waals surface area contributed by atoms with Gasteiger partial charge in [0.15, 0.2) is 0 Å². The molecule has 0 aliphatic carbocycles. The Kier molecular flexibility index (Phi) is 8.40. The highest BCUT2D eigenvalue weighted by Gasteiger charge is 2.24. The van der Waals surface area contributed by atoms with Crippen LogP contribution in [0, 0.1) is 5.92 Å². The monoisotopic (exact) mass is 309 g/mol. The van der Waals surface area contributed by atoms with Gasteiger partial charge in [-0.2, -0.15) is 0 Å². The normalized spacial score (nSPS) is 13.2. The van der Waals surface area contributed by atoms with Crippen molar-refractivity contribution in [3.8, 4) is 0 Å². The minimum Gasteiger partial charge on any atom is -0.480 e. The molecule has 0 amide bonds. The first kappa shape index (κ1) is 18.9. The van der Waals surface area contributed by atoms with E-state index in [9.17, 15) is 18.0 Å². The fourth-order valence-corrected chi connectivity index (χ4v) is 2.86. The molecule has 1 unspecified atom stereocenters. The van der Waals surface area contributed by atoms with Crippen LogP contribution in [-0.2, 0) is 24.3 Å². The number of carbonyl (C=O) groups excluding carboxylic acids is 1. The van der Waals surface area contributed by atoms with Crippen LogP contribution in [0.25, 0.3) is 0 Å². The van der Waals surface area contributed by atoms with Gasteiger partial charge in [0.25, 0.3) is 0 Å². The zero-order chi connectivity index (χ0) is 15.8. The van der Waals surface area contributed by atoms with Crippen LogP contribution in [-0.4, -0.2) is 43.9 Å². The van der Waals surface area contributed by atoms with Crippen molar-refractivity contribution in [2.24, 2.45) is 5.92 Å². The molecule has 0 aromatic heterocycles. The predicted molar refractivity (Wildman–Crippen MR) is 73.7 cm³/mol. The first-order valence-electron chi connectivity index (χ1n) is 6.56. The molecule has 0 fully saturated rings. The summed E-state index contributed by atoms with van der Waals surface area (Å²) in [6.07, 6.45) is 0.311. The highest BCUT2D eigenvalue weighted by molar-refractivity contribution is 7.89. The molecule has 20 heavy (non-hydrogen) atoms. The van der Waals surface area contributed by atoms with E-state index >= 15 is 0 Å². The van der Waals surface area contributed by atoms with Gasteiger partial charge in [-0.15, -0.1) is 0 Å². The molecule has 0 aliphatic heterocycles. The molecule has 118 valence electrons. The Morgan fingerprint density at radius 3 is 2.35 bits per heavy atom. The minimum absolute atomic E-state index is 0.00330. The fourth-order valence-electron chi connectivity index (χ4n) is 1.59. The van der Waals surface area contributed by atoms with Crippen molar-refractivity contribution in [1.82, 2.24) is 4.72 Å². The third-order valence-corrected chi connectivity index (χ3v) is 3.90. The molecule has 8 heteroatoms. The van der Waals surface area contributed by atoms with Gasteiger partial charge in [0.05, 0.1) is 12.4 Å². The van der Waals surface area contributed by atoms with Gasteiger partial charge in [-0.05, 0) is 25.7 Å². The number of esters is 1. The van der Waals surface area contributed by atoms with E-state index in [1.54, 1.807) is 6.92 Å². The van der Waals surface area contributed by atoms with Crippen molar-refractivity contribution in [1.29, 1.82) is 0 Å². The summed E-state index contributed by atoms with van der Waals surface area (Å²) in [6, 6.07) is -1.14. The Labute approximate surface area is 119 Å². The Morgan fingerprint density at radius 2 is 1.90 bits per heavy atom. The lowest BCUT2D eigenvalue weighted by molar-refractivity contribution is -0.143. The van der Waals surface area contributed by atoms with Gasteiger partial charge in [0.2, 0.25) is 10.0 Å². The molecule has 0 heterocycles. The first-order chi connectivity index (χ1) is 9.18. The maximum Gasteiger partial charge on any atom is 0.321 e. The van der Waals surface area contributed by atoms with Crippen LogP contribution >= 0.6 is 0 Å². The second kappa shape index (κ2) is 8.91. The van der Waals surface area contributed by atoms with Crippen molar-refractivity contribution in [3.63, 3.8) is 0 Å². The molecular formula is C12H23NO6S. The highest BCUT2D eigenvalue weighted by atomic mass is 32.2. The van der Waals surface area contributed by atoms with Gasteiger partial charge in [-0.3, -0.25) is 9.59 Å². The maximum absolute atomic E-state index is 11.7. The number of sulfonamides is 1. The second-order valence-corrected chi connectivity index (χ2v) is 6.74. The SMILES string of the molecule is CCOC(=O)CCCS(=O)(=O)NC(CC(C)C)C(=O)O. The van der Waals surface area contributed by atoms with E-state index in [1.165, 1.54) is 0 Å². The summed E-state index contributed by atoms with van der Waals surface area (Å²) in [6.45, 7) is 5.54. The second-order valence-electron chi connectivity index (χ2n) is 4.87. The molecular weight excluding hydrogens is 286 g/mol. The van der Waals surface area contributed by atoms with Crippen LogP contribution in [0.4, 0.5) is 0 Å². The van der Waals surface area contributed by atoms with Crippen molar-refractivity contribution < 1.29 is 27.9 Å². The number of hydrogen-bond acceptors (Lipinski definition) is 5. The molecule has 0 saturated heterocycles. The van der Waals surface area contributed by atoms with E-state index in [0.29, 0.717) is 0 Å². The summed E-state index contributed by atoms with van der Waals surface area (Å²) in [5.74, 6) is -1.90. The lowest BCUT2D eigenvalue weighted by Crippen LogP contribution is -2.42. The Balaban J connectivity index is 4.34. The van der Waals surface area contributed by atoms with E-state index in [0.717, 1.165) is 0 Å². The largest absolute Gasteiger partial charge is 0.480 e. The van der Waals surface area contributed by atoms with Crippen LogP contribution < -0.4 is 4.72 Å². The summed E-state index contributed by atoms with van der Waals surface area (Å²) in [5, 5.41) is 8.97. The molecule has 0 radical (unpaired) electrons. The molecule has 0 bridgehead atoms. The van der Waals surface area contributed by atoms with Gasteiger partial charge in [0, 0.05) is 6.42 Å². The number of rotatable bonds is 10. The molecule has 1 atom stereocenters. The van der Waals surface area contributed by atoms with Crippen LogP contribution in [0.15, 0.2) is 0 Å². The molecule has 0 aromatic rings. The van der Waals surface area contributed by atoms with Crippen LogP contribution in [0.3, 0.4) is 0 Å². The van der Waals surface area contributed by atoms with E-state index in [4.69, 9.17) is 5.11 Å². The Hall–Kier alpha value is -1.15. The number of ether oxygens (including phenoxy) is 1. The number of nitrogens with one attached hydrogen (secondary N) is 1. The third kappa shape index (κ3) is 8.87. The Bertz CT molecular complexity index is 418. The molecule has 0 saturated carbocycles. The lowest BCUT2D eigenvalue weighted by Gasteiger charge is -2.16. The van der Waals surface area contributed by atoms with Crippen molar-refractivity contribution in [3.05, 3.63) is 0 Å². The zero-order valence-electron chi connectivity index (χ0n) is 12.1. The Morgan fingerprint density at radius 1 is 1.30 bits per heavy atom. The molecule has 2 N–H and O–H groups in total. The van der Waals surface area contributed by atoms with E-state index < -0.39 is 28.0 Å². The zero-order valence-corrected chi connectivity index (χ0v) is 12.9. The van der Waals surface area contributed by atoms with E-state index in [2.05, 4.69) is 9.46 Å². The number of carboxylic acids is 1. The topological polar surface area (TPSA) is 110 Å². The van der Waals surface area contributed by atoms with E-state index in [1.807, 2.05) is 13.8 Å². The first-order valence-corrected chi connectivity index (χ1v) is 8.21. The highest BCUT2D eigenvalue weighted by Crippen LogP contribution is 2.07. The van der Waals surface area contributed by atoms with Crippen LogP contribution in [0.5, 0.6) is 0 Å². The van der Waals surface area contributed by atoms with Gasteiger partial charge in [0.1, 0.15) is 6.04 Å². The van der Waals surface area contributed by atoms with Crippen molar-refractivity contribution >= 4 is 22.0 Å². The van der Waals surface area contributed by atoms with E-state index in [-0.39, 0.29) is 37.5 Å². The number of hydrogen-bond donors (Lipinski definition) is 2. The number of aliphatic carboxylic acids is 1. The molecule has 0 rings (SSSR count). The summed E-state index contributed by atoms with van der Waals surface area (Å²) in [4.78, 5) is 22.1. The minimum atomic E-state index is -3.72. The fraction of sp³-hybridized carbons (Fsp3) is 0.833. The summed E-state index contributed by atoms with van der Waals surface area (Å²) in [7, 11) is -3.72. The van der Waals surface area contributed by atoms with Gasteiger partial charge >= 0.3 is 11.9 Å². The van der Waals surface area contributed by atoms with Crippen LogP contribution in [0.2, 0.25) is 0 Å². The van der Waals surface area contributed by atoms with Crippen LogP contribution in [0.1, 0.15) is 40.0 Å².